The van der Waals surface area contributed by atoms with Crippen molar-refractivity contribution < 1.29 is 9.21 Å². The fourth-order valence-electron chi connectivity index (χ4n) is 3.87. The van der Waals surface area contributed by atoms with E-state index in [-0.39, 0.29) is 5.91 Å². The number of nitrogens with zero attached hydrogens (tertiary/aromatic N) is 2. The summed E-state index contributed by atoms with van der Waals surface area (Å²) in [5.41, 5.74) is 6.62. The van der Waals surface area contributed by atoms with Crippen molar-refractivity contribution in [3.8, 4) is 0 Å². The number of carbonyl (C=O) groups excluding carboxylic acids is 1. The van der Waals surface area contributed by atoms with Crippen LogP contribution in [0.5, 0.6) is 0 Å². The molecule has 2 N–H and O–H groups in total. The van der Waals surface area contributed by atoms with E-state index in [2.05, 4.69) is 27.9 Å². The predicted octanol–water partition coefficient (Wildman–Crippen LogP) is 3.88. The van der Waals surface area contributed by atoms with Crippen LogP contribution >= 0.6 is 0 Å². The Hall–Kier alpha value is -3.38. The quantitative estimate of drug-likeness (QED) is 0.558. The minimum atomic E-state index is -0.197. The average molecular weight is 386 g/mol. The summed E-state index contributed by atoms with van der Waals surface area (Å²) in [7, 11) is 0. The van der Waals surface area contributed by atoms with Gasteiger partial charge in [-0.05, 0) is 55.3 Å². The maximum atomic E-state index is 12.8. The molecule has 0 fully saturated rings. The number of furan rings is 1. The van der Waals surface area contributed by atoms with Gasteiger partial charge < -0.3 is 15.1 Å². The lowest BCUT2D eigenvalue weighted by Gasteiger charge is -2.17. The van der Waals surface area contributed by atoms with Gasteiger partial charge in [-0.1, -0.05) is 24.3 Å². The van der Waals surface area contributed by atoms with Crippen molar-refractivity contribution in [1.82, 2.24) is 15.1 Å². The lowest BCUT2D eigenvalue weighted by Crippen LogP contribution is -2.23. The molecule has 0 saturated heterocycles. The predicted molar refractivity (Wildman–Crippen MR) is 112 cm³/mol. The zero-order valence-electron chi connectivity index (χ0n) is 16.2. The van der Waals surface area contributed by atoms with E-state index in [1.54, 1.807) is 6.26 Å². The van der Waals surface area contributed by atoms with Crippen molar-refractivity contribution in [2.45, 2.75) is 26.4 Å². The molecule has 0 radical (unpaired) electrons. The van der Waals surface area contributed by atoms with Gasteiger partial charge in [0, 0.05) is 28.9 Å². The summed E-state index contributed by atoms with van der Waals surface area (Å²) in [6.07, 6.45) is 2.67. The van der Waals surface area contributed by atoms with Crippen LogP contribution in [0.1, 0.15) is 32.9 Å². The Morgan fingerprint density at radius 2 is 2.14 bits per heavy atom. The van der Waals surface area contributed by atoms with E-state index in [0.717, 1.165) is 47.4 Å². The number of nitrogens with one attached hydrogen (secondary N) is 2. The molecular formula is C23H22N4O2. The van der Waals surface area contributed by atoms with Crippen LogP contribution in [0.2, 0.25) is 0 Å². The normalized spacial score (nSPS) is 13.4. The van der Waals surface area contributed by atoms with Crippen molar-refractivity contribution >= 4 is 22.6 Å². The van der Waals surface area contributed by atoms with Gasteiger partial charge in [0.1, 0.15) is 5.58 Å². The zero-order chi connectivity index (χ0) is 19.8. The van der Waals surface area contributed by atoms with Crippen molar-refractivity contribution in [2.24, 2.45) is 0 Å². The first kappa shape index (κ1) is 17.7. The van der Waals surface area contributed by atoms with Crippen molar-refractivity contribution in [3.05, 3.63) is 82.9 Å². The molecule has 2 aromatic carbocycles. The first-order chi connectivity index (χ1) is 14.2. The summed E-state index contributed by atoms with van der Waals surface area (Å²) in [5, 5.41) is 11.9. The third-order valence-electron chi connectivity index (χ3n) is 5.45. The molecule has 1 aliphatic rings. The molecule has 29 heavy (non-hydrogen) atoms. The Bertz CT molecular complexity index is 1200. The smallest absolute Gasteiger partial charge is 0.276 e. The number of aryl methyl sites for hydroxylation is 1. The van der Waals surface area contributed by atoms with Gasteiger partial charge in [-0.25, -0.2) is 0 Å². The summed E-state index contributed by atoms with van der Waals surface area (Å²) in [6, 6.07) is 15.9. The minimum absolute atomic E-state index is 0.197. The fourth-order valence-corrected chi connectivity index (χ4v) is 3.87. The SMILES string of the molecule is Cc1cc(C(=O)Nc2ccc3c(c2)CCNC3)nn1Cc1cccc2ccoc12. The highest BCUT2D eigenvalue weighted by Crippen LogP contribution is 2.22. The first-order valence-electron chi connectivity index (χ1n) is 9.81. The molecular weight excluding hydrogens is 364 g/mol. The van der Waals surface area contributed by atoms with Gasteiger partial charge in [-0.3, -0.25) is 9.48 Å². The topological polar surface area (TPSA) is 72.1 Å². The number of fused-ring (bicyclic) bond motifs is 2. The van der Waals surface area contributed by atoms with Gasteiger partial charge >= 0.3 is 0 Å². The molecule has 5 rings (SSSR count). The number of carbonyl (C=O) groups is 1. The number of hydrogen-bond acceptors (Lipinski definition) is 4. The molecule has 0 spiro atoms. The van der Waals surface area contributed by atoms with E-state index in [0.29, 0.717) is 12.2 Å². The number of benzene rings is 2. The minimum Gasteiger partial charge on any atom is -0.464 e. The van der Waals surface area contributed by atoms with Gasteiger partial charge in [0.15, 0.2) is 5.69 Å². The number of hydrogen-bond donors (Lipinski definition) is 2. The van der Waals surface area contributed by atoms with Gasteiger partial charge in [0.2, 0.25) is 0 Å². The van der Waals surface area contributed by atoms with E-state index in [1.165, 1.54) is 11.1 Å². The number of aromatic nitrogens is 2. The summed E-state index contributed by atoms with van der Waals surface area (Å²) in [4.78, 5) is 12.8. The zero-order valence-corrected chi connectivity index (χ0v) is 16.2. The van der Waals surface area contributed by atoms with Crippen molar-refractivity contribution in [2.75, 3.05) is 11.9 Å². The van der Waals surface area contributed by atoms with Crippen molar-refractivity contribution in [3.63, 3.8) is 0 Å². The lowest BCUT2D eigenvalue weighted by atomic mass is 10.0. The van der Waals surface area contributed by atoms with Crippen LogP contribution in [0, 0.1) is 6.92 Å². The van der Waals surface area contributed by atoms with E-state index >= 15 is 0 Å². The van der Waals surface area contributed by atoms with Crippen LogP contribution in [-0.2, 0) is 19.5 Å². The molecule has 4 aromatic rings. The van der Waals surface area contributed by atoms with Crippen LogP contribution in [0.4, 0.5) is 5.69 Å². The Labute approximate surface area is 168 Å². The summed E-state index contributed by atoms with van der Waals surface area (Å²) in [6.45, 7) is 4.36. The number of amides is 1. The maximum Gasteiger partial charge on any atom is 0.276 e. The highest BCUT2D eigenvalue weighted by Gasteiger charge is 2.15. The second kappa shape index (κ2) is 7.22. The number of anilines is 1. The maximum absolute atomic E-state index is 12.8. The van der Waals surface area contributed by atoms with E-state index in [1.807, 2.05) is 48.0 Å². The molecule has 1 amide bonds. The molecule has 0 bridgehead atoms. The monoisotopic (exact) mass is 386 g/mol. The Morgan fingerprint density at radius 3 is 3.07 bits per heavy atom. The Kier molecular flexibility index (Phi) is 4.41. The van der Waals surface area contributed by atoms with Gasteiger partial charge in [-0.15, -0.1) is 0 Å². The number of para-hydroxylation sites is 1. The highest BCUT2D eigenvalue weighted by molar-refractivity contribution is 6.03. The van der Waals surface area contributed by atoms with Gasteiger partial charge in [-0.2, -0.15) is 5.10 Å². The highest BCUT2D eigenvalue weighted by atomic mass is 16.3. The fraction of sp³-hybridized carbons (Fsp3) is 0.217. The Balaban J connectivity index is 1.36. The standard InChI is InChI=1S/C23H22N4O2/c1-15-11-21(23(28)25-20-6-5-18-13-24-9-7-17(18)12-20)26-27(15)14-19-4-2-3-16-8-10-29-22(16)19/h2-6,8,10-12,24H,7,9,13-14H2,1H3,(H,25,28). The summed E-state index contributed by atoms with van der Waals surface area (Å²) >= 11 is 0. The van der Waals surface area contributed by atoms with Crippen LogP contribution in [0.15, 0.2) is 59.2 Å². The molecule has 1 aliphatic heterocycles. The molecule has 146 valence electrons. The second-order valence-corrected chi connectivity index (χ2v) is 7.45. The Morgan fingerprint density at radius 1 is 1.21 bits per heavy atom. The van der Waals surface area contributed by atoms with E-state index < -0.39 is 0 Å². The molecule has 0 unspecified atom stereocenters. The van der Waals surface area contributed by atoms with Crippen LogP contribution in [0.3, 0.4) is 0 Å². The molecule has 3 heterocycles. The molecule has 0 atom stereocenters. The molecule has 6 nitrogen and oxygen atoms in total. The van der Waals surface area contributed by atoms with Crippen LogP contribution in [0.25, 0.3) is 11.0 Å². The third kappa shape index (κ3) is 3.43. The summed E-state index contributed by atoms with van der Waals surface area (Å²) in [5.74, 6) is -0.197. The third-order valence-corrected chi connectivity index (χ3v) is 5.45. The summed E-state index contributed by atoms with van der Waals surface area (Å²) < 4.78 is 7.45. The second-order valence-electron chi connectivity index (χ2n) is 7.45. The average Bonchev–Trinajstić information content (AvgIpc) is 3.35. The van der Waals surface area contributed by atoms with Gasteiger partial charge in [0.25, 0.3) is 5.91 Å². The molecule has 6 heteroatoms. The van der Waals surface area contributed by atoms with Crippen LogP contribution in [-0.4, -0.2) is 22.2 Å². The van der Waals surface area contributed by atoms with E-state index in [4.69, 9.17) is 4.42 Å². The van der Waals surface area contributed by atoms with E-state index in [9.17, 15) is 4.79 Å². The van der Waals surface area contributed by atoms with Crippen molar-refractivity contribution in [1.29, 1.82) is 0 Å². The molecule has 0 aliphatic carbocycles. The lowest BCUT2D eigenvalue weighted by molar-refractivity contribution is 0.102. The largest absolute Gasteiger partial charge is 0.464 e. The molecule has 2 aromatic heterocycles. The first-order valence-corrected chi connectivity index (χ1v) is 9.81. The molecule has 0 saturated carbocycles. The van der Waals surface area contributed by atoms with Crippen LogP contribution < -0.4 is 10.6 Å². The number of rotatable bonds is 4. The van der Waals surface area contributed by atoms with Gasteiger partial charge in [0.05, 0.1) is 12.8 Å².